The smallest absolute Gasteiger partial charge is 0.261 e. The van der Waals surface area contributed by atoms with Crippen molar-refractivity contribution in [1.82, 2.24) is 4.98 Å². The lowest BCUT2D eigenvalue weighted by Gasteiger charge is -2.11. The molecule has 1 nitrogen and oxygen atoms in total. The quantitative estimate of drug-likeness (QED) is 0.750. The normalized spacial score (nSPS) is 13.3. The first kappa shape index (κ1) is 13.9. The highest BCUT2D eigenvalue weighted by Crippen LogP contribution is 2.31. The summed E-state index contributed by atoms with van der Waals surface area (Å²) in [5.41, 5.74) is 0.792. The Morgan fingerprint density at radius 1 is 1.05 bits per heavy atom. The summed E-state index contributed by atoms with van der Waals surface area (Å²) in [6.07, 6.45) is -2.18. The van der Waals surface area contributed by atoms with E-state index in [0.717, 1.165) is 17.8 Å². The first-order valence-corrected chi connectivity index (χ1v) is 6.11. The van der Waals surface area contributed by atoms with Crippen molar-refractivity contribution in [3.8, 4) is 0 Å². The third-order valence-corrected chi connectivity index (χ3v) is 3.12. The monoisotopic (exact) mass is 285 g/mol. The van der Waals surface area contributed by atoms with Crippen LogP contribution in [0, 0.1) is 0 Å². The summed E-state index contributed by atoms with van der Waals surface area (Å²) in [6, 6.07) is 10.4. The molecule has 0 aliphatic carbocycles. The Bertz CT molecular complexity index is 523. The molecule has 0 aliphatic heterocycles. The molecule has 1 heterocycles. The summed E-state index contributed by atoms with van der Waals surface area (Å²) < 4.78 is 37.3. The maximum atomic E-state index is 12.4. The Balaban J connectivity index is 2.10. The van der Waals surface area contributed by atoms with Crippen molar-refractivity contribution in [1.29, 1.82) is 0 Å². The Morgan fingerprint density at radius 3 is 2.26 bits per heavy atom. The van der Waals surface area contributed by atoms with Gasteiger partial charge in [-0.05, 0) is 29.8 Å². The molecule has 1 atom stereocenters. The zero-order valence-electron chi connectivity index (χ0n) is 9.86. The van der Waals surface area contributed by atoms with Gasteiger partial charge in [-0.3, -0.25) is 4.98 Å². The van der Waals surface area contributed by atoms with Crippen LogP contribution in [0.3, 0.4) is 0 Å². The second-order valence-corrected chi connectivity index (χ2v) is 4.64. The molecule has 2 rings (SSSR count). The van der Waals surface area contributed by atoms with Gasteiger partial charge in [0, 0.05) is 18.3 Å². The Hall–Kier alpha value is -1.55. The number of hydrogen-bond acceptors (Lipinski definition) is 1. The number of halogens is 4. The minimum Gasteiger partial charge on any atom is -0.261 e. The van der Waals surface area contributed by atoms with Gasteiger partial charge in [0.2, 0.25) is 0 Å². The molecule has 100 valence electrons. The van der Waals surface area contributed by atoms with Crippen LogP contribution in [0.2, 0.25) is 0 Å². The lowest BCUT2D eigenvalue weighted by Crippen LogP contribution is -2.05. The molecule has 5 heteroatoms. The molecule has 0 saturated heterocycles. The molecule has 19 heavy (non-hydrogen) atoms. The zero-order valence-corrected chi connectivity index (χ0v) is 10.6. The molecule has 0 bridgehead atoms. The third kappa shape index (κ3) is 3.70. The number of hydrogen-bond donors (Lipinski definition) is 0. The summed E-state index contributed by atoms with van der Waals surface area (Å²) in [6.45, 7) is 0. The summed E-state index contributed by atoms with van der Waals surface area (Å²) in [7, 11) is 0. The predicted molar refractivity (Wildman–Crippen MR) is 68.0 cm³/mol. The van der Waals surface area contributed by atoms with E-state index in [1.54, 1.807) is 12.3 Å². The van der Waals surface area contributed by atoms with Gasteiger partial charge in [-0.1, -0.05) is 18.2 Å². The molecule has 1 aromatic heterocycles. The number of rotatable bonds is 3. The fourth-order valence-electron chi connectivity index (χ4n) is 1.70. The molecule has 0 saturated carbocycles. The van der Waals surface area contributed by atoms with E-state index in [-0.39, 0.29) is 0 Å². The van der Waals surface area contributed by atoms with Gasteiger partial charge < -0.3 is 0 Å². The van der Waals surface area contributed by atoms with Crippen LogP contribution in [0.15, 0.2) is 48.7 Å². The summed E-state index contributed by atoms with van der Waals surface area (Å²) in [5.74, 6) is 0. The van der Waals surface area contributed by atoms with Gasteiger partial charge in [0.25, 0.3) is 0 Å². The van der Waals surface area contributed by atoms with Gasteiger partial charge in [0.1, 0.15) is 0 Å². The average Bonchev–Trinajstić information content (AvgIpc) is 2.39. The predicted octanol–water partition coefficient (Wildman–Crippen LogP) is 4.62. The maximum absolute atomic E-state index is 12.4. The van der Waals surface area contributed by atoms with Crippen LogP contribution in [0.4, 0.5) is 13.2 Å². The average molecular weight is 286 g/mol. The van der Waals surface area contributed by atoms with Gasteiger partial charge in [0.15, 0.2) is 0 Å². The number of alkyl halides is 4. The molecule has 2 aromatic rings. The summed E-state index contributed by atoms with van der Waals surface area (Å²) >= 11 is 6.19. The molecule has 1 aromatic carbocycles. The molecule has 0 N–H and O–H groups in total. The van der Waals surface area contributed by atoms with Crippen LogP contribution in [-0.2, 0) is 12.6 Å². The van der Waals surface area contributed by atoms with Crippen molar-refractivity contribution in [2.75, 3.05) is 0 Å². The van der Waals surface area contributed by atoms with Crippen LogP contribution in [0.5, 0.6) is 0 Å². The highest BCUT2D eigenvalue weighted by molar-refractivity contribution is 6.20. The van der Waals surface area contributed by atoms with Crippen LogP contribution >= 0.6 is 11.6 Å². The van der Waals surface area contributed by atoms with Gasteiger partial charge >= 0.3 is 6.18 Å². The van der Waals surface area contributed by atoms with Crippen molar-refractivity contribution >= 4 is 11.6 Å². The zero-order chi connectivity index (χ0) is 13.9. The fourth-order valence-corrected chi connectivity index (χ4v) is 2.00. The molecule has 0 amide bonds. The largest absolute Gasteiger partial charge is 0.416 e. The molecule has 0 fully saturated rings. The van der Waals surface area contributed by atoms with E-state index in [1.165, 1.54) is 12.1 Å². The Kier molecular flexibility index (Phi) is 4.10. The second kappa shape index (κ2) is 5.61. The third-order valence-electron chi connectivity index (χ3n) is 2.71. The standard InChI is InChI=1S/C14H11ClF3N/c15-13(9-12-3-1-2-8-19-12)10-4-6-11(7-5-10)14(16,17)18/h1-8,13H,9H2. The topological polar surface area (TPSA) is 12.9 Å². The van der Waals surface area contributed by atoms with Crippen molar-refractivity contribution < 1.29 is 13.2 Å². The van der Waals surface area contributed by atoms with Gasteiger partial charge in [0.05, 0.1) is 10.9 Å². The SMILES string of the molecule is FC(F)(F)c1ccc(C(Cl)Cc2ccccn2)cc1. The van der Waals surface area contributed by atoms with Crippen molar-refractivity contribution in [3.63, 3.8) is 0 Å². The van der Waals surface area contributed by atoms with Gasteiger partial charge in [-0.2, -0.15) is 13.2 Å². The first-order valence-electron chi connectivity index (χ1n) is 5.68. The second-order valence-electron chi connectivity index (χ2n) is 4.11. The lowest BCUT2D eigenvalue weighted by atomic mass is 10.1. The van der Waals surface area contributed by atoms with E-state index in [4.69, 9.17) is 11.6 Å². The highest BCUT2D eigenvalue weighted by Gasteiger charge is 2.30. The summed E-state index contributed by atoms with van der Waals surface area (Å²) in [5, 5.41) is -0.391. The van der Waals surface area contributed by atoms with E-state index in [1.807, 2.05) is 12.1 Å². The van der Waals surface area contributed by atoms with E-state index in [2.05, 4.69) is 4.98 Å². The van der Waals surface area contributed by atoms with Crippen molar-refractivity contribution in [2.45, 2.75) is 18.0 Å². The minimum absolute atomic E-state index is 0.391. The number of benzene rings is 1. The van der Waals surface area contributed by atoms with Crippen LogP contribution < -0.4 is 0 Å². The number of nitrogens with zero attached hydrogens (tertiary/aromatic N) is 1. The van der Waals surface area contributed by atoms with Gasteiger partial charge in [-0.15, -0.1) is 11.6 Å². The molecular weight excluding hydrogens is 275 g/mol. The fraction of sp³-hybridized carbons (Fsp3) is 0.214. The van der Waals surface area contributed by atoms with Crippen molar-refractivity contribution in [2.24, 2.45) is 0 Å². The molecule has 0 spiro atoms. The maximum Gasteiger partial charge on any atom is 0.416 e. The van der Waals surface area contributed by atoms with Gasteiger partial charge in [-0.25, -0.2) is 0 Å². The summed E-state index contributed by atoms with van der Waals surface area (Å²) in [4.78, 5) is 4.14. The lowest BCUT2D eigenvalue weighted by molar-refractivity contribution is -0.137. The Morgan fingerprint density at radius 2 is 1.74 bits per heavy atom. The highest BCUT2D eigenvalue weighted by atomic mass is 35.5. The van der Waals surface area contributed by atoms with E-state index in [9.17, 15) is 13.2 Å². The minimum atomic E-state index is -4.32. The molecule has 1 unspecified atom stereocenters. The number of pyridine rings is 1. The van der Waals surface area contributed by atoms with Crippen LogP contribution in [0.1, 0.15) is 22.2 Å². The first-order chi connectivity index (χ1) is 8.97. The number of aromatic nitrogens is 1. The van der Waals surface area contributed by atoms with E-state index >= 15 is 0 Å². The Labute approximate surface area is 114 Å². The molecule has 0 radical (unpaired) electrons. The molecule has 0 aliphatic rings. The van der Waals surface area contributed by atoms with E-state index < -0.39 is 17.1 Å². The van der Waals surface area contributed by atoms with E-state index in [0.29, 0.717) is 12.0 Å². The van der Waals surface area contributed by atoms with Crippen molar-refractivity contribution in [3.05, 3.63) is 65.5 Å². The van der Waals surface area contributed by atoms with Crippen LogP contribution in [-0.4, -0.2) is 4.98 Å². The molecular formula is C14H11ClF3N. The van der Waals surface area contributed by atoms with Crippen LogP contribution in [0.25, 0.3) is 0 Å².